The van der Waals surface area contributed by atoms with Gasteiger partial charge in [0.25, 0.3) is 0 Å². The minimum absolute atomic E-state index is 0.0881. The molecular weight excluding hydrogens is 518 g/mol. The van der Waals surface area contributed by atoms with Gasteiger partial charge in [-0.05, 0) is 81.4 Å². The number of benzene rings is 1. The predicted octanol–water partition coefficient (Wildman–Crippen LogP) is 2.38. The van der Waals surface area contributed by atoms with Crippen LogP contribution in [-0.4, -0.2) is 93.0 Å². The van der Waals surface area contributed by atoms with E-state index in [1.54, 1.807) is 11.1 Å². The van der Waals surface area contributed by atoms with Gasteiger partial charge in [-0.15, -0.1) is 0 Å². The molecule has 2 aliphatic rings. The number of nitrogens with zero attached hydrogens (tertiary/aromatic N) is 6. The molecule has 2 fully saturated rings. The maximum absolute atomic E-state index is 14.0. The molecule has 10 heteroatoms. The number of nitrogens with one attached hydrogen (secondary N) is 1. The average molecular weight is 560 g/mol. The van der Waals surface area contributed by atoms with Crippen molar-refractivity contribution in [1.82, 2.24) is 34.8 Å². The lowest BCUT2D eigenvalue weighted by molar-refractivity contribution is -0.142. The van der Waals surface area contributed by atoms with E-state index < -0.39 is 12.1 Å². The van der Waals surface area contributed by atoms with Gasteiger partial charge in [-0.2, -0.15) is 5.10 Å². The Morgan fingerprint density at radius 1 is 1.10 bits per heavy atom. The molecule has 10 nitrogen and oxygen atoms in total. The lowest BCUT2D eigenvalue weighted by atomic mass is 9.97. The third kappa shape index (κ3) is 6.75. The molecular formula is C31H41N7O3. The fourth-order valence-corrected chi connectivity index (χ4v) is 6.22. The Morgan fingerprint density at radius 2 is 1.90 bits per heavy atom. The first kappa shape index (κ1) is 28.7. The van der Waals surface area contributed by atoms with Crippen molar-refractivity contribution in [2.24, 2.45) is 13.0 Å². The lowest BCUT2D eigenvalue weighted by Crippen LogP contribution is -2.52. The van der Waals surface area contributed by atoms with Gasteiger partial charge in [0, 0.05) is 57.4 Å². The Labute approximate surface area is 241 Å². The van der Waals surface area contributed by atoms with Crippen LogP contribution in [0, 0.1) is 5.92 Å². The van der Waals surface area contributed by atoms with Crippen LogP contribution in [0.15, 0.2) is 48.9 Å². The standard InChI is InChI=1S/C31H41N7O3/c1-35(2)27(10-11-29(39)37-13-4-5-14-37)31(41)38-21-24(15-22-7-6-12-32-18-22)17-28(38)30(40)33-19-23-8-9-26-25(16-23)20-34-36(26)3/h6-9,12,16,18,20,24,27-28H,4-5,10-11,13-15,17,19,21H2,1-3H3,(H,33,40). The summed E-state index contributed by atoms with van der Waals surface area (Å²) in [6, 6.07) is 8.94. The summed E-state index contributed by atoms with van der Waals surface area (Å²) in [5.41, 5.74) is 3.10. The molecule has 0 saturated carbocycles. The first-order valence-electron chi connectivity index (χ1n) is 14.6. The summed E-state index contributed by atoms with van der Waals surface area (Å²) in [6.45, 7) is 2.48. The fraction of sp³-hybridized carbons (Fsp3) is 0.516. The first-order valence-corrected chi connectivity index (χ1v) is 14.6. The highest BCUT2D eigenvalue weighted by atomic mass is 16.2. The fourth-order valence-electron chi connectivity index (χ4n) is 6.22. The van der Waals surface area contributed by atoms with E-state index in [9.17, 15) is 14.4 Å². The van der Waals surface area contributed by atoms with Gasteiger partial charge in [0.15, 0.2) is 0 Å². The minimum Gasteiger partial charge on any atom is -0.350 e. The molecule has 1 N–H and O–H groups in total. The number of aromatic nitrogens is 3. The number of rotatable bonds is 10. The van der Waals surface area contributed by atoms with E-state index in [0.717, 1.165) is 54.4 Å². The average Bonchev–Trinajstić information content (AvgIpc) is 3.73. The van der Waals surface area contributed by atoms with E-state index in [1.807, 2.05) is 78.4 Å². The molecule has 3 aromatic rings. The molecule has 3 unspecified atom stereocenters. The van der Waals surface area contributed by atoms with Gasteiger partial charge in [-0.25, -0.2) is 0 Å². The number of likely N-dealkylation sites (tertiary alicyclic amines) is 2. The number of carbonyl (C=O) groups excluding carboxylic acids is 3. The third-order valence-corrected chi connectivity index (χ3v) is 8.50. The molecule has 3 atom stereocenters. The summed E-state index contributed by atoms with van der Waals surface area (Å²) in [6.07, 6.45) is 9.59. The van der Waals surface area contributed by atoms with Crippen molar-refractivity contribution in [3.63, 3.8) is 0 Å². The number of aryl methyl sites for hydroxylation is 1. The normalized spacial score (nSPS) is 19.7. The van der Waals surface area contributed by atoms with Crippen molar-refractivity contribution in [2.45, 2.75) is 57.2 Å². The molecule has 4 heterocycles. The van der Waals surface area contributed by atoms with Crippen LogP contribution < -0.4 is 5.32 Å². The highest BCUT2D eigenvalue weighted by Gasteiger charge is 2.42. The number of likely N-dealkylation sites (N-methyl/N-ethyl adjacent to an activating group) is 1. The topological polar surface area (TPSA) is 104 Å². The maximum atomic E-state index is 14.0. The molecule has 2 aliphatic heterocycles. The molecule has 5 rings (SSSR count). The van der Waals surface area contributed by atoms with Crippen LogP contribution in [-0.2, 0) is 34.4 Å². The van der Waals surface area contributed by atoms with Crippen LogP contribution in [0.1, 0.15) is 43.2 Å². The number of carbonyl (C=O) groups is 3. The number of hydrogen-bond donors (Lipinski definition) is 1. The van der Waals surface area contributed by atoms with Crippen LogP contribution in [0.4, 0.5) is 0 Å². The van der Waals surface area contributed by atoms with Crippen LogP contribution in [0.25, 0.3) is 10.9 Å². The molecule has 0 aliphatic carbocycles. The molecule has 3 amide bonds. The van der Waals surface area contributed by atoms with E-state index in [-0.39, 0.29) is 23.6 Å². The molecule has 218 valence electrons. The second kappa shape index (κ2) is 12.8. The molecule has 2 aromatic heterocycles. The summed E-state index contributed by atoms with van der Waals surface area (Å²) < 4.78 is 1.82. The Hall–Kier alpha value is -3.79. The van der Waals surface area contributed by atoms with E-state index in [4.69, 9.17) is 0 Å². The predicted molar refractivity (Wildman–Crippen MR) is 157 cm³/mol. The van der Waals surface area contributed by atoms with E-state index in [1.165, 1.54) is 0 Å². The smallest absolute Gasteiger partial charge is 0.243 e. The molecule has 0 radical (unpaired) electrons. The van der Waals surface area contributed by atoms with Gasteiger partial charge in [-0.1, -0.05) is 12.1 Å². The molecule has 41 heavy (non-hydrogen) atoms. The summed E-state index contributed by atoms with van der Waals surface area (Å²) in [4.78, 5) is 50.2. The lowest BCUT2D eigenvalue weighted by Gasteiger charge is -2.31. The van der Waals surface area contributed by atoms with E-state index in [0.29, 0.717) is 32.4 Å². The highest BCUT2D eigenvalue weighted by Crippen LogP contribution is 2.29. The van der Waals surface area contributed by atoms with Crippen molar-refractivity contribution in [3.05, 3.63) is 60.0 Å². The third-order valence-electron chi connectivity index (χ3n) is 8.50. The highest BCUT2D eigenvalue weighted by molar-refractivity contribution is 5.91. The van der Waals surface area contributed by atoms with E-state index >= 15 is 0 Å². The number of fused-ring (bicyclic) bond motifs is 1. The number of pyridine rings is 1. The number of hydrogen-bond acceptors (Lipinski definition) is 6. The SMILES string of the molecule is CN(C)C(CCC(=O)N1CCCC1)C(=O)N1CC(Cc2cccnc2)CC1C(=O)NCc1ccc2c(cnn2C)c1. The Bertz CT molecular complexity index is 1370. The summed E-state index contributed by atoms with van der Waals surface area (Å²) >= 11 is 0. The van der Waals surface area contributed by atoms with Crippen molar-refractivity contribution < 1.29 is 14.4 Å². The minimum atomic E-state index is -0.567. The Kier molecular flexibility index (Phi) is 8.97. The first-order chi connectivity index (χ1) is 19.8. The van der Waals surface area contributed by atoms with Gasteiger partial charge in [-0.3, -0.25) is 28.9 Å². The van der Waals surface area contributed by atoms with Gasteiger partial charge >= 0.3 is 0 Å². The van der Waals surface area contributed by atoms with Gasteiger partial charge in [0.1, 0.15) is 6.04 Å². The zero-order valence-corrected chi connectivity index (χ0v) is 24.3. The Balaban J connectivity index is 1.29. The van der Waals surface area contributed by atoms with Crippen LogP contribution in [0.5, 0.6) is 0 Å². The van der Waals surface area contributed by atoms with Crippen molar-refractivity contribution in [3.8, 4) is 0 Å². The number of amides is 3. The molecule has 2 saturated heterocycles. The second-order valence-electron chi connectivity index (χ2n) is 11.7. The second-order valence-corrected chi connectivity index (χ2v) is 11.7. The zero-order chi connectivity index (χ0) is 28.9. The largest absolute Gasteiger partial charge is 0.350 e. The van der Waals surface area contributed by atoms with Crippen molar-refractivity contribution in [1.29, 1.82) is 0 Å². The quantitative estimate of drug-likeness (QED) is 0.409. The summed E-state index contributed by atoms with van der Waals surface area (Å²) in [7, 11) is 5.65. The summed E-state index contributed by atoms with van der Waals surface area (Å²) in [5, 5.41) is 8.41. The Morgan fingerprint density at radius 3 is 2.63 bits per heavy atom. The van der Waals surface area contributed by atoms with Crippen molar-refractivity contribution in [2.75, 3.05) is 33.7 Å². The van der Waals surface area contributed by atoms with Crippen LogP contribution in [0.2, 0.25) is 0 Å². The van der Waals surface area contributed by atoms with Gasteiger partial charge in [0.2, 0.25) is 17.7 Å². The monoisotopic (exact) mass is 559 g/mol. The zero-order valence-electron chi connectivity index (χ0n) is 24.3. The van der Waals surface area contributed by atoms with E-state index in [2.05, 4.69) is 15.4 Å². The molecule has 0 spiro atoms. The van der Waals surface area contributed by atoms with Crippen molar-refractivity contribution >= 4 is 28.6 Å². The molecule has 0 bridgehead atoms. The van der Waals surface area contributed by atoms with Gasteiger partial charge < -0.3 is 15.1 Å². The summed E-state index contributed by atoms with van der Waals surface area (Å²) in [5.74, 6) is 0.0106. The maximum Gasteiger partial charge on any atom is 0.243 e. The van der Waals surface area contributed by atoms with Crippen LogP contribution in [0.3, 0.4) is 0 Å². The van der Waals surface area contributed by atoms with Gasteiger partial charge in [0.05, 0.1) is 17.8 Å². The van der Waals surface area contributed by atoms with Crippen LogP contribution >= 0.6 is 0 Å². The molecule has 1 aromatic carbocycles.